The summed E-state index contributed by atoms with van der Waals surface area (Å²) in [6.45, 7) is 0. The largest absolute Gasteiger partial charge is 0.481 e. The molecule has 1 atom stereocenters. The van der Waals surface area contributed by atoms with Gasteiger partial charge in [-0.1, -0.05) is 0 Å². The molecule has 110 valence electrons. The van der Waals surface area contributed by atoms with Crippen LogP contribution in [-0.2, 0) is 19.2 Å². The highest BCUT2D eigenvalue weighted by molar-refractivity contribution is 5.80. The van der Waals surface area contributed by atoms with Gasteiger partial charge in [-0.3, -0.25) is 19.2 Å². The van der Waals surface area contributed by atoms with Crippen molar-refractivity contribution in [2.24, 2.45) is 5.73 Å². The Hall–Kier alpha value is -2.16. The minimum atomic E-state index is -1.29. The number of carbonyl (C=O) groups is 4. The lowest BCUT2D eigenvalue weighted by atomic mass is 10.2. The first-order valence-electron chi connectivity index (χ1n) is 5.30. The van der Waals surface area contributed by atoms with Gasteiger partial charge in [-0.15, -0.1) is 0 Å². The molecule has 19 heavy (non-hydrogen) atoms. The molecule has 0 amide bonds. The number of rotatable bonds is 8. The van der Waals surface area contributed by atoms with Crippen LogP contribution < -0.4 is 5.73 Å². The normalized spacial score (nSPS) is 10.8. The standard InChI is InChI=1S/C6H10O4.C4H7NO4/c7-5(8)3-1-2-4-6(9)10;5-2(4(8)9)1-3(6)7/h1-4H2,(H,7,8)(H,9,10);2H,1,5H2,(H,6,7)(H,8,9)/t;2-/m.0/s1. The van der Waals surface area contributed by atoms with Gasteiger partial charge in [-0.2, -0.15) is 0 Å². The summed E-state index contributed by atoms with van der Waals surface area (Å²) >= 11 is 0. The summed E-state index contributed by atoms with van der Waals surface area (Å²) in [4.78, 5) is 39.4. The summed E-state index contributed by atoms with van der Waals surface area (Å²) in [6, 6.07) is -1.29. The van der Waals surface area contributed by atoms with Gasteiger partial charge in [0.1, 0.15) is 6.04 Å². The Kier molecular flexibility index (Phi) is 11.1. The summed E-state index contributed by atoms with van der Waals surface area (Å²) in [5, 5.41) is 32.3. The highest BCUT2D eigenvalue weighted by Crippen LogP contribution is 1.98. The van der Waals surface area contributed by atoms with Crippen LogP contribution in [0.4, 0.5) is 0 Å². The van der Waals surface area contributed by atoms with E-state index in [1.807, 2.05) is 0 Å². The molecule has 0 bridgehead atoms. The average Bonchev–Trinajstić information content (AvgIpc) is 2.23. The number of carboxylic acid groups (broad SMARTS) is 4. The summed E-state index contributed by atoms with van der Waals surface area (Å²) in [5.74, 6) is -4.24. The van der Waals surface area contributed by atoms with Crippen molar-refractivity contribution in [1.82, 2.24) is 0 Å². The second-order valence-electron chi connectivity index (χ2n) is 3.54. The molecular formula is C10H17NO8. The molecule has 0 aliphatic heterocycles. The van der Waals surface area contributed by atoms with E-state index in [1.54, 1.807) is 0 Å². The van der Waals surface area contributed by atoms with Crippen molar-refractivity contribution in [2.45, 2.75) is 38.1 Å². The van der Waals surface area contributed by atoms with Crippen LogP contribution in [0.2, 0.25) is 0 Å². The first-order chi connectivity index (χ1) is 8.66. The molecule has 0 saturated carbocycles. The lowest BCUT2D eigenvalue weighted by Crippen LogP contribution is -2.32. The fourth-order valence-electron chi connectivity index (χ4n) is 0.828. The van der Waals surface area contributed by atoms with E-state index in [0.717, 1.165) is 0 Å². The fourth-order valence-corrected chi connectivity index (χ4v) is 0.828. The van der Waals surface area contributed by atoms with Crippen molar-refractivity contribution in [2.75, 3.05) is 0 Å². The number of carboxylic acids is 4. The Bertz CT molecular complexity index is 311. The number of hydrogen-bond donors (Lipinski definition) is 5. The van der Waals surface area contributed by atoms with Gasteiger partial charge in [0.2, 0.25) is 0 Å². The molecule has 0 fully saturated rings. The second-order valence-corrected chi connectivity index (χ2v) is 3.54. The predicted molar refractivity (Wildman–Crippen MR) is 61.6 cm³/mol. The zero-order valence-corrected chi connectivity index (χ0v) is 10.1. The maximum atomic E-state index is 9.90. The monoisotopic (exact) mass is 279 g/mol. The maximum Gasteiger partial charge on any atom is 0.321 e. The summed E-state index contributed by atoms with van der Waals surface area (Å²) in [5.41, 5.74) is 4.84. The molecule has 0 aromatic heterocycles. The lowest BCUT2D eigenvalue weighted by Gasteiger charge is -1.99. The molecule has 0 aliphatic rings. The Labute approximate surface area is 108 Å². The highest BCUT2D eigenvalue weighted by Gasteiger charge is 2.14. The minimum absolute atomic E-state index is 0.0628. The highest BCUT2D eigenvalue weighted by atomic mass is 16.4. The van der Waals surface area contributed by atoms with Crippen molar-refractivity contribution in [1.29, 1.82) is 0 Å². The topological polar surface area (TPSA) is 175 Å². The third-order valence-corrected chi connectivity index (χ3v) is 1.74. The zero-order chi connectivity index (χ0) is 15.4. The molecule has 0 rings (SSSR count). The number of aliphatic carboxylic acids is 4. The lowest BCUT2D eigenvalue weighted by molar-refractivity contribution is -0.144. The molecule has 0 aromatic carbocycles. The molecular weight excluding hydrogens is 262 g/mol. The van der Waals surface area contributed by atoms with Crippen molar-refractivity contribution in [3.05, 3.63) is 0 Å². The molecule has 0 spiro atoms. The summed E-state index contributed by atoms with van der Waals surface area (Å²) in [6.07, 6.45) is 0.485. The van der Waals surface area contributed by atoms with E-state index < -0.39 is 36.3 Å². The van der Waals surface area contributed by atoms with E-state index in [0.29, 0.717) is 12.8 Å². The van der Waals surface area contributed by atoms with Gasteiger partial charge >= 0.3 is 23.9 Å². The van der Waals surface area contributed by atoms with Gasteiger partial charge in [0.15, 0.2) is 0 Å². The number of unbranched alkanes of at least 4 members (excludes halogenated alkanes) is 1. The van der Waals surface area contributed by atoms with Gasteiger partial charge in [-0.05, 0) is 12.8 Å². The Morgan fingerprint density at radius 3 is 1.32 bits per heavy atom. The van der Waals surface area contributed by atoms with E-state index in [1.165, 1.54) is 0 Å². The molecule has 9 heteroatoms. The van der Waals surface area contributed by atoms with Gasteiger partial charge in [0.25, 0.3) is 0 Å². The molecule has 0 unspecified atom stereocenters. The average molecular weight is 279 g/mol. The van der Waals surface area contributed by atoms with Gasteiger partial charge in [0.05, 0.1) is 6.42 Å². The Balaban J connectivity index is 0. The minimum Gasteiger partial charge on any atom is -0.481 e. The molecule has 6 N–H and O–H groups in total. The number of nitrogens with two attached hydrogens (primary N) is 1. The third-order valence-electron chi connectivity index (χ3n) is 1.74. The predicted octanol–water partition coefficient (Wildman–Crippen LogP) is -0.411. The Morgan fingerprint density at radius 1 is 0.789 bits per heavy atom. The maximum absolute atomic E-state index is 9.90. The van der Waals surface area contributed by atoms with E-state index in [-0.39, 0.29) is 12.8 Å². The van der Waals surface area contributed by atoms with Crippen LogP contribution in [0.5, 0.6) is 0 Å². The second kappa shape index (κ2) is 11.0. The van der Waals surface area contributed by atoms with Crippen LogP contribution in [0.3, 0.4) is 0 Å². The van der Waals surface area contributed by atoms with Gasteiger partial charge in [0, 0.05) is 12.8 Å². The summed E-state index contributed by atoms with van der Waals surface area (Å²) in [7, 11) is 0. The van der Waals surface area contributed by atoms with E-state index in [2.05, 4.69) is 0 Å². The Morgan fingerprint density at radius 2 is 1.16 bits per heavy atom. The van der Waals surface area contributed by atoms with Crippen molar-refractivity contribution >= 4 is 23.9 Å². The van der Waals surface area contributed by atoms with Crippen LogP contribution in [0, 0.1) is 0 Å². The summed E-state index contributed by atoms with van der Waals surface area (Å²) < 4.78 is 0. The van der Waals surface area contributed by atoms with Crippen molar-refractivity contribution < 1.29 is 39.6 Å². The first kappa shape index (κ1) is 19.2. The molecule has 0 aromatic rings. The van der Waals surface area contributed by atoms with Crippen molar-refractivity contribution in [3.8, 4) is 0 Å². The number of hydrogen-bond acceptors (Lipinski definition) is 5. The first-order valence-corrected chi connectivity index (χ1v) is 5.30. The smallest absolute Gasteiger partial charge is 0.321 e. The SMILES string of the molecule is N[C@@H](CC(=O)O)C(=O)O.O=C(O)CCCCC(=O)O. The fraction of sp³-hybridized carbons (Fsp3) is 0.600. The quantitative estimate of drug-likeness (QED) is 0.369. The third kappa shape index (κ3) is 18.4. The van der Waals surface area contributed by atoms with Crippen LogP contribution in [0.1, 0.15) is 32.1 Å². The van der Waals surface area contributed by atoms with Crippen LogP contribution >= 0.6 is 0 Å². The van der Waals surface area contributed by atoms with Gasteiger partial charge in [-0.25, -0.2) is 0 Å². The van der Waals surface area contributed by atoms with E-state index in [9.17, 15) is 19.2 Å². The molecule has 9 nitrogen and oxygen atoms in total. The van der Waals surface area contributed by atoms with Gasteiger partial charge < -0.3 is 26.2 Å². The van der Waals surface area contributed by atoms with E-state index >= 15 is 0 Å². The van der Waals surface area contributed by atoms with Crippen LogP contribution in [0.25, 0.3) is 0 Å². The van der Waals surface area contributed by atoms with Crippen LogP contribution in [0.15, 0.2) is 0 Å². The molecule has 0 aliphatic carbocycles. The van der Waals surface area contributed by atoms with Crippen molar-refractivity contribution in [3.63, 3.8) is 0 Å². The van der Waals surface area contributed by atoms with E-state index in [4.69, 9.17) is 26.2 Å². The van der Waals surface area contributed by atoms with Crippen LogP contribution in [-0.4, -0.2) is 50.3 Å². The molecule has 0 heterocycles. The molecule has 0 radical (unpaired) electrons. The molecule has 0 saturated heterocycles. The zero-order valence-electron chi connectivity index (χ0n) is 10.1.